The maximum atomic E-state index is 12.1. The minimum absolute atomic E-state index is 0.0866. The van der Waals surface area contributed by atoms with Gasteiger partial charge in [-0.2, -0.15) is 0 Å². The molecule has 2 aromatic carbocycles. The van der Waals surface area contributed by atoms with Crippen LogP contribution in [0.1, 0.15) is 5.56 Å². The van der Waals surface area contributed by atoms with Crippen molar-refractivity contribution in [2.45, 2.75) is 6.92 Å². The van der Waals surface area contributed by atoms with Crippen LogP contribution in [0.15, 0.2) is 51.7 Å². The minimum Gasteiger partial charge on any atom is -0.508 e. The van der Waals surface area contributed by atoms with E-state index in [9.17, 15) is 15.0 Å². The Morgan fingerprint density at radius 2 is 1.70 bits per heavy atom. The molecule has 0 aliphatic rings. The highest BCUT2D eigenvalue weighted by Crippen LogP contribution is 2.28. The van der Waals surface area contributed by atoms with Crippen molar-refractivity contribution in [3.63, 3.8) is 0 Å². The third kappa shape index (κ3) is 1.91. The zero-order valence-electron chi connectivity index (χ0n) is 10.8. The molecule has 100 valence electrons. The maximum Gasteiger partial charge on any atom is 0.193 e. The van der Waals surface area contributed by atoms with Crippen molar-refractivity contribution in [3.05, 3.63) is 58.3 Å². The van der Waals surface area contributed by atoms with Crippen LogP contribution in [-0.4, -0.2) is 10.2 Å². The molecule has 2 N–H and O–H groups in total. The first kappa shape index (κ1) is 12.3. The van der Waals surface area contributed by atoms with Gasteiger partial charge in [-0.1, -0.05) is 0 Å². The molecule has 0 saturated carbocycles. The lowest BCUT2D eigenvalue weighted by atomic mass is 10.1. The van der Waals surface area contributed by atoms with Crippen LogP contribution in [0, 0.1) is 6.92 Å². The molecule has 0 aliphatic heterocycles. The lowest BCUT2D eigenvalue weighted by Crippen LogP contribution is -2.01. The van der Waals surface area contributed by atoms with Crippen molar-refractivity contribution in [2.75, 3.05) is 0 Å². The standard InChI is InChI=1S/C16H12O4/c1-9-13(18)7-6-12-14(19)8-15(20-16(9)12)10-2-4-11(17)5-3-10/h2-8,17-18H,1H3. The first-order valence-corrected chi connectivity index (χ1v) is 6.12. The largest absolute Gasteiger partial charge is 0.508 e. The van der Waals surface area contributed by atoms with E-state index in [-0.39, 0.29) is 16.9 Å². The summed E-state index contributed by atoms with van der Waals surface area (Å²) in [5.74, 6) is 0.630. The van der Waals surface area contributed by atoms with E-state index >= 15 is 0 Å². The average molecular weight is 268 g/mol. The summed E-state index contributed by atoms with van der Waals surface area (Å²) in [6.45, 7) is 1.70. The lowest BCUT2D eigenvalue weighted by molar-refractivity contribution is 0.470. The summed E-state index contributed by atoms with van der Waals surface area (Å²) in [7, 11) is 0. The molecule has 20 heavy (non-hydrogen) atoms. The fourth-order valence-electron chi connectivity index (χ4n) is 2.11. The van der Waals surface area contributed by atoms with Crippen LogP contribution < -0.4 is 5.43 Å². The Morgan fingerprint density at radius 3 is 2.40 bits per heavy atom. The summed E-state index contributed by atoms with van der Waals surface area (Å²) in [5.41, 5.74) is 1.42. The molecule has 0 amide bonds. The average Bonchev–Trinajstić information content (AvgIpc) is 2.44. The van der Waals surface area contributed by atoms with Gasteiger partial charge in [0.25, 0.3) is 0 Å². The first-order valence-electron chi connectivity index (χ1n) is 6.12. The molecule has 0 radical (unpaired) electrons. The fourth-order valence-corrected chi connectivity index (χ4v) is 2.11. The summed E-state index contributed by atoms with van der Waals surface area (Å²) in [6.07, 6.45) is 0. The Labute approximate surface area is 114 Å². The molecular weight excluding hydrogens is 256 g/mol. The van der Waals surface area contributed by atoms with Crippen molar-refractivity contribution in [1.82, 2.24) is 0 Å². The Morgan fingerprint density at radius 1 is 1.00 bits per heavy atom. The molecule has 0 bridgehead atoms. The third-order valence-corrected chi connectivity index (χ3v) is 3.27. The van der Waals surface area contributed by atoms with Crippen molar-refractivity contribution in [3.8, 4) is 22.8 Å². The SMILES string of the molecule is Cc1c(O)ccc2c(=O)cc(-c3ccc(O)cc3)oc12. The van der Waals surface area contributed by atoms with Gasteiger partial charge >= 0.3 is 0 Å². The van der Waals surface area contributed by atoms with Crippen LogP contribution >= 0.6 is 0 Å². The van der Waals surface area contributed by atoms with Crippen LogP contribution in [0.5, 0.6) is 11.5 Å². The summed E-state index contributed by atoms with van der Waals surface area (Å²) in [6, 6.07) is 10.8. The number of hydrogen-bond donors (Lipinski definition) is 2. The topological polar surface area (TPSA) is 70.7 Å². The maximum absolute atomic E-state index is 12.1. The van der Waals surface area contributed by atoms with Gasteiger partial charge in [-0.3, -0.25) is 4.79 Å². The summed E-state index contributed by atoms with van der Waals surface area (Å²) < 4.78 is 5.74. The molecule has 0 fully saturated rings. The van der Waals surface area contributed by atoms with Gasteiger partial charge in [0, 0.05) is 17.2 Å². The van der Waals surface area contributed by atoms with Crippen LogP contribution in [0.3, 0.4) is 0 Å². The Kier molecular flexibility index (Phi) is 2.71. The molecule has 4 heteroatoms. The Hall–Kier alpha value is -2.75. The van der Waals surface area contributed by atoms with E-state index in [2.05, 4.69) is 0 Å². The normalized spacial score (nSPS) is 10.8. The highest BCUT2D eigenvalue weighted by atomic mass is 16.3. The Balaban J connectivity index is 2.31. The van der Waals surface area contributed by atoms with Gasteiger partial charge in [0.2, 0.25) is 0 Å². The van der Waals surface area contributed by atoms with Crippen molar-refractivity contribution < 1.29 is 14.6 Å². The van der Waals surface area contributed by atoms with Gasteiger partial charge in [-0.15, -0.1) is 0 Å². The molecule has 0 saturated heterocycles. The molecule has 1 aromatic heterocycles. The van der Waals surface area contributed by atoms with E-state index in [0.717, 1.165) is 0 Å². The summed E-state index contributed by atoms with van der Waals surface area (Å²) >= 11 is 0. The predicted octanol–water partition coefficient (Wildman–Crippen LogP) is 3.18. The van der Waals surface area contributed by atoms with E-state index in [1.807, 2.05) is 0 Å². The van der Waals surface area contributed by atoms with Gasteiger partial charge in [-0.25, -0.2) is 0 Å². The Bertz CT molecular complexity index is 845. The molecule has 0 aliphatic carbocycles. The van der Waals surface area contributed by atoms with Crippen LogP contribution in [0.2, 0.25) is 0 Å². The molecule has 0 spiro atoms. The van der Waals surface area contributed by atoms with Gasteiger partial charge in [0.15, 0.2) is 5.43 Å². The van der Waals surface area contributed by atoms with Gasteiger partial charge < -0.3 is 14.6 Å². The zero-order chi connectivity index (χ0) is 14.3. The number of fused-ring (bicyclic) bond motifs is 1. The molecule has 0 unspecified atom stereocenters. The van der Waals surface area contributed by atoms with Crippen molar-refractivity contribution in [2.24, 2.45) is 0 Å². The van der Waals surface area contributed by atoms with Gasteiger partial charge in [0.05, 0.1) is 5.39 Å². The predicted molar refractivity (Wildman–Crippen MR) is 76.0 cm³/mol. The fraction of sp³-hybridized carbons (Fsp3) is 0.0625. The lowest BCUT2D eigenvalue weighted by Gasteiger charge is -2.06. The summed E-state index contributed by atoms with van der Waals surface area (Å²) in [4.78, 5) is 12.1. The van der Waals surface area contributed by atoms with E-state index in [1.165, 1.54) is 24.3 Å². The van der Waals surface area contributed by atoms with E-state index in [4.69, 9.17) is 4.42 Å². The number of rotatable bonds is 1. The molecule has 3 rings (SSSR count). The number of hydrogen-bond acceptors (Lipinski definition) is 4. The monoisotopic (exact) mass is 268 g/mol. The van der Waals surface area contributed by atoms with Gasteiger partial charge in [-0.05, 0) is 43.3 Å². The third-order valence-electron chi connectivity index (χ3n) is 3.27. The molecule has 1 heterocycles. The van der Waals surface area contributed by atoms with Crippen molar-refractivity contribution in [1.29, 1.82) is 0 Å². The van der Waals surface area contributed by atoms with Gasteiger partial charge in [0.1, 0.15) is 22.8 Å². The second-order valence-electron chi connectivity index (χ2n) is 4.61. The zero-order valence-corrected chi connectivity index (χ0v) is 10.8. The second-order valence-corrected chi connectivity index (χ2v) is 4.61. The van der Waals surface area contributed by atoms with E-state index < -0.39 is 0 Å². The quantitative estimate of drug-likeness (QED) is 0.711. The summed E-state index contributed by atoms with van der Waals surface area (Å²) in [5, 5.41) is 19.4. The highest BCUT2D eigenvalue weighted by molar-refractivity contribution is 5.83. The van der Waals surface area contributed by atoms with Crippen LogP contribution in [-0.2, 0) is 0 Å². The van der Waals surface area contributed by atoms with Crippen LogP contribution in [0.25, 0.3) is 22.3 Å². The number of phenolic OH excluding ortho intramolecular Hbond substituents is 2. The molecule has 3 aromatic rings. The van der Waals surface area contributed by atoms with Crippen LogP contribution in [0.4, 0.5) is 0 Å². The first-order chi connectivity index (χ1) is 9.56. The minimum atomic E-state index is -0.169. The van der Waals surface area contributed by atoms with E-state index in [1.54, 1.807) is 25.1 Å². The number of aromatic hydroxyl groups is 2. The number of benzene rings is 2. The van der Waals surface area contributed by atoms with E-state index in [0.29, 0.717) is 27.9 Å². The number of phenols is 2. The molecule has 0 atom stereocenters. The molecule has 4 nitrogen and oxygen atoms in total. The van der Waals surface area contributed by atoms with Crippen molar-refractivity contribution >= 4 is 11.0 Å². The smallest absolute Gasteiger partial charge is 0.193 e. The number of aryl methyl sites for hydroxylation is 1. The highest BCUT2D eigenvalue weighted by Gasteiger charge is 2.11. The second kappa shape index (κ2) is 4.42. The molecular formula is C16H12O4.